The summed E-state index contributed by atoms with van der Waals surface area (Å²) < 4.78 is 50.0. The molecule has 9 heteroatoms. The molecule has 4 rings (SSSR count). The van der Waals surface area contributed by atoms with Crippen LogP contribution in [0.3, 0.4) is 0 Å². The van der Waals surface area contributed by atoms with Gasteiger partial charge in [-0.3, -0.25) is 9.69 Å². The number of nitriles is 1. The second kappa shape index (κ2) is 9.24. The summed E-state index contributed by atoms with van der Waals surface area (Å²) in [5.41, 5.74) is -0.462. The smallest absolute Gasteiger partial charge is 0.416 e. The summed E-state index contributed by atoms with van der Waals surface area (Å²) in [5.74, 6) is -0.930. The molecule has 172 valence electrons. The lowest BCUT2D eigenvalue weighted by molar-refractivity contribution is -0.137. The number of hydrogen-bond donors (Lipinski definition) is 0. The molecule has 0 aromatic heterocycles. The first-order chi connectivity index (χ1) is 15.8. The van der Waals surface area contributed by atoms with Crippen LogP contribution in [0.2, 0.25) is 0 Å². The average molecular weight is 458 g/mol. The fraction of sp³-hybridized carbons (Fsp3) is 0.375. The molecule has 2 unspecified atom stereocenters. The van der Waals surface area contributed by atoms with Gasteiger partial charge in [-0.15, -0.1) is 0 Å². The van der Waals surface area contributed by atoms with Gasteiger partial charge in [0.05, 0.1) is 42.5 Å². The summed E-state index contributed by atoms with van der Waals surface area (Å²) in [5, 5.41) is 9.33. The van der Waals surface area contributed by atoms with Gasteiger partial charge in [-0.05, 0) is 36.6 Å². The highest BCUT2D eigenvalue weighted by Gasteiger charge is 2.45. The number of amides is 1. The number of carbonyl (C=O) groups excluding carboxylic acids is 2. The van der Waals surface area contributed by atoms with E-state index in [1.165, 1.54) is 0 Å². The summed E-state index contributed by atoms with van der Waals surface area (Å²) in [7, 11) is 0. The first-order valence-corrected chi connectivity index (χ1v) is 10.5. The zero-order valence-electron chi connectivity index (χ0n) is 17.5. The fourth-order valence-corrected chi connectivity index (χ4v) is 4.47. The van der Waals surface area contributed by atoms with E-state index < -0.39 is 41.6 Å². The lowest BCUT2D eigenvalue weighted by atomic mass is 9.80. The molecule has 2 atom stereocenters. The van der Waals surface area contributed by atoms with Crippen molar-refractivity contribution >= 4 is 11.9 Å². The van der Waals surface area contributed by atoms with E-state index in [9.17, 15) is 28.0 Å². The van der Waals surface area contributed by atoms with Crippen molar-refractivity contribution < 1.29 is 32.2 Å². The number of nitrogens with zero attached hydrogens (tertiary/aromatic N) is 2. The Morgan fingerprint density at radius 3 is 2.36 bits per heavy atom. The van der Waals surface area contributed by atoms with E-state index in [0.29, 0.717) is 6.07 Å². The maximum Gasteiger partial charge on any atom is 0.416 e. The second-order valence-corrected chi connectivity index (χ2v) is 8.20. The van der Waals surface area contributed by atoms with Crippen LogP contribution in [0.25, 0.3) is 0 Å². The molecular formula is C24H21F3N2O4. The monoisotopic (exact) mass is 458 g/mol. The Bertz CT molecular complexity index is 1070. The van der Waals surface area contributed by atoms with Gasteiger partial charge in [-0.1, -0.05) is 30.3 Å². The van der Waals surface area contributed by atoms with Gasteiger partial charge in [0.1, 0.15) is 6.61 Å². The Kier molecular flexibility index (Phi) is 6.38. The number of alkyl halides is 3. The number of carbonyl (C=O) groups is 2. The maximum absolute atomic E-state index is 13.2. The van der Waals surface area contributed by atoms with E-state index in [2.05, 4.69) is 0 Å². The molecule has 6 nitrogen and oxygen atoms in total. The molecule has 2 heterocycles. The van der Waals surface area contributed by atoms with Crippen molar-refractivity contribution in [2.75, 3.05) is 13.2 Å². The molecule has 0 spiro atoms. The first kappa shape index (κ1) is 22.8. The molecule has 2 aromatic rings. The van der Waals surface area contributed by atoms with Gasteiger partial charge < -0.3 is 9.47 Å². The predicted molar refractivity (Wildman–Crippen MR) is 110 cm³/mol. The third-order valence-electron chi connectivity index (χ3n) is 6.04. The Morgan fingerprint density at radius 1 is 1.09 bits per heavy atom. The standard InChI is InChI=1S/C24H21F3N2O4/c25-24(26,27)18-6-7-21(17(8-18)11-28)22(30)16-9-19-13-32-14-20(10-16)29(19)23(31)33-12-15-4-2-1-3-5-15/h1-8,16,19-20H,9-10,12-14H2. The summed E-state index contributed by atoms with van der Waals surface area (Å²) in [4.78, 5) is 27.5. The van der Waals surface area contributed by atoms with Crippen LogP contribution in [-0.4, -0.2) is 42.1 Å². The lowest BCUT2D eigenvalue weighted by Gasteiger charge is -2.47. The predicted octanol–water partition coefficient (Wildman–Crippen LogP) is 4.58. The van der Waals surface area contributed by atoms with Crippen LogP contribution in [0.1, 0.15) is 39.9 Å². The van der Waals surface area contributed by atoms with Crippen molar-refractivity contribution in [1.82, 2.24) is 4.90 Å². The highest BCUT2D eigenvalue weighted by Crippen LogP contribution is 2.36. The Labute approximate surface area is 188 Å². The van der Waals surface area contributed by atoms with E-state index in [-0.39, 0.29) is 43.8 Å². The minimum atomic E-state index is -4.60. The third kappa shape index (κ3) is 4.86. The van der Waals surface area contributed by atoms with Crippen LogP contribution in [0.15, 0.2) is 48.5 Å². The van der Waals surface area contributed by atoms with Gasteiger partial charge in [0.2, 0.25) is 0 Å². The third-order valence-corrected chi connectivity index (χ3v) is 6.04. The molecule has 2 aromatic carbocycles. The molecule has 0 N–H and O–H groups in total. The molecule has 2 fully saturated rings. The van der Waals surface area contributed by atoms with Gasteiger partial charge >= 0.3 is 12.3 Å². The number of halogens is 3. The molecule has 0 radical (unpaired) electrons. The fourth-order valence-electron chi connectivity index (χ4n) is 4.47. The Hall–Kier alpha value is -3.38. The number of ether oxygens (including phenoxy) is 2. The maximum atomic E-state index is 13.2. The molecule has 0 saturated carbocycles. The number of benzene rings is 2. The topological polar surface area (TPSA) is 79.6 Å². The minimum absolute atomic E-state index is 0.0328. The van der Waals surface area contributed by atoms with Crippen molar-refractivity contribution in [1.29, 1.82) is 5.26 Å². The number of rotatable bonds is 4. The van der Waals surface area contributed by atoms with E-state index in [1.54, 1.807) is 11.0 Å². The Balaban J connectivity index is 1.48. The Morgan fingerprint density at radius 2 is 1.76 bits per heavy atom. The zero-order valence-corrected chi connectivity index (χ0v) is 17.5. The van der Waals surface area contributed by atoms with E-state index in [4.69, 9.17) is 9.47 Å². The number of fused-ring (bicyclic) bond motifs is 2. The van der Waals surface area contributed by atoms with E-state index in [1.807, 2.05) is 30.3 Å². The van der Waals surface area contributed by atoms with Crippen molar-refractivity contribution in [2.24, 2.45) is 5.92 Å². The summed E-state index contributed by atoms with van der Waals surface area (Å²) >= 11 is 0. The van der Waals surface area contributed by atoms with Crippen molar-refractivity contribution in [3.63, 3.8) is 0 Å². The van der Waals surface area contributed by atoms with Gasteiger partial charge in [0.25, 0.3) is 0 Å². The highest BCUT2D eigenvalue weighted by atomic mass is 19.4. The highest BCUT2D eigenvalue weighted by molar-refractivity contribution is 6.00. The summed E-state index contributed by atoms with van der Waals surface area (Å²) in [6, 6.07) is 12.8. The lowest BCUT2D eigenvalue weighted by Crippen LogP contribution is -2.60. The molecule has 2 aliphatic rings. The van der Waals surface area contributed by atoms with Crippen molar-refractivity contribution in [3.8, 4) is 6.07 Å². The van der Waals surface area contributed by atoms with Crippen molar-refractivity contribution in [2.45, 2.75) is 37.7 Å². The largest absolute Gasteiger partial charge is 0.445 e. The van der Waals surface area contributed by atoms with Crippen LogP contribution in [-0.2, 0) is 22.3 Å². The van der Waals surface area contributed by atoms with Crippen LogP contribution < -0.4 is 0 Å². The number of Topliss-reactive ketones (excluding diaryl/α,β-unsaturated/α-hetero) is 1. The second-order valence-electron chi connectivity index (χ2n) is 8.20. The first-order valence-electron chi connectivity index (χ1n) is 10.5. The molecule has 2 aliphatic heterocycles. The normalized spacial score (nSPS) is 22.4. The minimum Gasteiger partial charge on any atom is -0.445 e. The molecule has 33 heavy (non-hydrogen) atoms. The zero-order chi connectivity index (χ0) is 23.6. The summed E-state index contributed by atoms with van der Waals surface area (Å²) in [6.45, 7) is 0.591. The van der Waals surface area contributed by atoms with Gasteiger partial charge in [-0.25, -0.2) is 4.79 Å². The molecule has 0 aliphatic carbocycles. The van der Waals surface area contributed by atoms with Crippen molar-refractivity contribution in [3.05, 3.63) is 70.8 Å². The quantitative estimate of drug-likeness (QED) is 0.627. The summed E-state index contributed by atoms with van der Waals surface area (Å²) in [6.07, 6.45) is -4.54. The molecule has 2 saturated heterocycles. The van der Waals surface area contributed by atoms with E-state index >= 15 is 0 Å². The SMILES string of the molecule is N#Cc1cc(C(F)(F)F)ccc1C(=O)C1CC2COCC(C1)N2C(=O)OCc1ccccc1. The molecule has 2 bridgehead atoms. The van der Waals surface area contributed by atoms with Crippen LogP contribution in [0.5, 0.6) is 0 Å². The molecular weight excluding hydrogens is 437 g/mol. The number of piperidine rings is 1. The number of morpholine rings is 1. The van der Waals surface area contributed by atoms with Gasteiger partial charge in [0.15, 0.2) is 5.78 Å². The molecule has 1 amide bonds. The van der Waals surface area contributed by atoms with Gasteiger partial charge in [0, 0.05) is 11.5 Å². The van der Waals surface area contributed by atoms with Crippen LogP contribution >= 0.6 is 0 Å². The number of ketones is 1. The van der Waals surface area contributed by atoms with Crippen LogP contribution in [0, 0.1) is 17.2 Å². The average Bonchev–Trinajstić information content (AvgIpc) is 2.80. The van der Waals surface area contributed by atoms with Gasteiger partial charge in [-0.2, -0.15) is 18.4 Å². The van der Waals surface area contributed by atoms with Crippen LogP contribution in [0.4, 0.5) is 18.0 Å². The van der Waals surface area contributed by atoms with E-state index in [0.717, 1.165) is 17.7 Å². The number of hydrogen-bond acceptors (Lipinski definition) is 5.